The van der Waals surface area contributed by atoms with Crippen molar-refractivity contribution in [3.8, 4) is 22.9 Å². The number of hydrogen-bond donors (Lipinski definition) is 1. The Morgan fingerprint density at radius 3 is 2.63 bits per heavy atom. The summed E-state index contributed by atoms with van der Waals surface area (Å²) in [4.78, 5) is 31.7. The molecule has 3 aromatic rings. The number of piperidine rings is 1. The molecule has 1 aromatic heterocycles. The lowest BCUT2D eigenvalue weighted by Crippen LogP contribution is -2.50. The van der Waals surface area contributed by atoms with E-state index in [0.717, 1.165) is 29.5 Å². The monoisotopic (exact) mass is 512 g/mol. The van der Waals surface area contributed by atoms with Crippen LogP contribution in [0.25, 0.3) is 11.1 Å². The number of pyridine rings is 1. The highest BCUT2D eigenvalue weighted by molar-refractivity contribution is 5.96. The minimum absolute atomic E-state index is 0.116. The number of hydrogen-bond acceptors (Lipinski definition) is 6. The van der Waals surface area contributed by atoms with Gasteiger partial charge in [0.1, 0.15) is 18.0 Å². The van der Waals surface area contributed by atoms with Gasteiger partial charge in [-0.05, 0) is 75.6 Å². The molecule has 196 valence electrons. The van der Waals surface area contributed by atoms with Crippen molar-refractivity contribution in [1.29, 1.82) is 5.26 Å². The van der Waals surface area contributed by atoms with Gasteiger partial charge in [-0.2, -0.15) is 5.26 Å². The predicted octanol–water partition coefficient (Wildman–Crippen LogP) is 5.33. The number of amides is 2. The van der Waals surface area contributed by atoms with Crippen LogP contribution in [0.5, 0.6) is 5.75 Å². The highest BCUT2D eigenvalue weighted by Crippen LogP contribution is 2.33. The molecule has 2 aromatic carbocycles. The molecule has 0 spiro atoms. The zero-order valence-electron chi connectivity index (χ0n) is 21.9. The van der Waals surface area contributed by atoms with Gasteiger partial charge in [-0.1, -0.05) is 18.2 Å². The number of nitrogens with zero attached hydrogens (tertiary/aromatic N) is 3. The summed E-state index contributed by atoms with van der Waals surface area (Å²) in [6, 6.07) is 18.3. The minimum atomic E-state index is -0.586. The number of benzene rings is 2. The normalized spacial score (nSPS) is 15.3. The summed E-state index contributed by atoms with van der Waals surface area (Å²) in [6.45, 7) is 6.80. The van der Waals surface area contributed by atoms with E-state index in [9.17, 15) is 14.9 Å². The maximum atomic E-state index is 13.5. The van der Waals surface area contributed by atoms with Gasteiger partial charge in [0.2, 0.25) is 0 Å². The second-order valence-corrected chi connectivity index (χ2v) is 10.3. The first kappa shape index (κ1) is 26.7. The average molecular weight is 513 g/mol. The van der Waals surface area contributed by atoms with Crippen LogP contribution >= 0.6 is 0 Å². The van der Waals surface area contributed by atoms with E-state index in [4.69, 9.17) is 9.47 Å². The Kier molecular flexibility index (Phi) is 8.27. The van der Waals surface area contributed by atoms with E-state index in [2.05, 4.69) is 16.4 Å². The molecule has 4 rings (SSSR count). The number of rotatable bonds is 6. The van der Waals surface area contributed by atoms with Crippen LogP contribution in [0.1, 0.15) is 55.1 Å². The molecule has 1 fully saturated rings. The quantitative estimate of drug-likeness (QED) is 0.479. The number of likely N-dealkylation sites (tertiary alicyclic amines) is 1. The number of nitriles is 1. The van der Waals surface area contributed by atoms with Crippen LogP contribution in [0.4, 0.5) is 4.79 Å². The topological polar surface area (TPSA) is 105 Å². The first-order valence-corrected chi connectivity index (χ1v) is 12.7. The van der Waals surface area contributed by atoms with Crippen molar-refractivity contribution in [3.63, 3.8) is 0 Å². The zero-order chi connectivity index (χ0) is 27.1. The van der Waals surface area contributed by atoms with Gasteiger partial charge in [0.15, 0.2) is 0 Å². The Labute approximate surface area is 223 Å². The van der Waals surface area contributed by atoms with Crippen LogP contribution in [-0.4, -0.2) is 46.6 Å². The second-order valence-electron chi connectivity index (χ2n) is 10.3. The summed E-state index contributed by atoms with van der Waals surface area (Å²) < 4.78 is 11.5. The fraction of sp³-hybridized carbons (Fsp3) is 0.333. The van der Waals surface area contributed by atoms with E-state index < -0.39 is 11.7 Å². The number of aromatic nitrogens is 1. The molecule has 1 aliphatic heterocycles. The molecule has 1 atom stereocenters. The van der Waals surface area contributed by atoms with Crippen LogP contribution < -0.4 is 10.1 Å². The summed E-state index contributed by atoms with van der Waals surface area (Å²) >= 11 is 0. The third-order valence-electron chi connectivity index (χ3n) is 6.10. The maximum absolute atomic E-state index is 13.5. The molecule has 8 heteroatoms. The summed E-state index contributed by atoms with van der Waals surface area (Å²) in [6.07, 6.45) is 4.54. The van der Waals surface area contributed by atoms with Crippen molar-refractivity contribution in [2.24, 2.45) is 0 Å². The van der Waals surface area contributed by atoms with E-state index >= 15 is 0 Å². The van der Waals surface area contributed by atoms with Gasteiger partial charge in [-0.3, -0.25) is 9.78 Å². The van der Waals surface area contributed by atoms with Crippen molar-refractivity contribution in [1.82, 2.24) is 15.2 Å². The molecule has 1 N–H and O–H groups in total. The van der Waals surface area contributed by atoms with E-state index in [1.54, 1.807) is 41.6 Å². The first-order valence-electron chi connectivity index (χ1n) is 12.7. The highest BCUT2D eigenvalue weighted by atomic mass is 16.6. The molecule has 2 heterocycles. The van der Waals surface area contributed by atoms with E-state index in [1.165, 1.54) is 0 Å². The summed E-state index contributed by atoms with van der Waals surface area (Å²) in [5.74, 6) is 0.507. The van der Waals surface area contributed by atoms with Gasteiger partial charge in [0.05, 0.1) is 11.6 Å². The smallest absolute Gasteiger partial charge is 0.407 e. The van der Waals surface area contributed by atoms with Crippen LogP contribution in [0, 0.1) is 11.3 Å². The summed E-state index contributed by atoms with van der Waals surface area (Å²) in [7, 11) is 0. The Balaban J connectivity index is 1.54. The number of ether oxygens (including phenoxy) is 2. The molecule has 1 aliphatic rings. The number of alkyl carbamates (subject to hydrolysis) is 1. The van der Waals surface area contributed by atoms with Crippen LogP contribution in [0.3, 0.4) is 0 Å². The van der Waals surface area contributed by atoms with Crippen molar-refractivity contribution >= 4 is 12.0 Å². The maximum Gasteiger partial charge on any atom is 0.407 e. The number of carbonyl (C=O) groups excluding carboxylic acids is 2. The van der Waals surface area contributed by atoms with Crippen molar-refractivity contribution in [2.75, 3.05) is 13.1 Å². The molecule has 0 unspecified atom stereocenters. The Hall–Kier alpha value is -4.38. The molecule has 1 saturated heterocycles. The molecular weight excluding hydrogens is 480 g/mol. The van der Waals surface area contributed by atoms with Gasteiger partial charge in [0.25, 0.3) is 5.91 Å². The fourth-order valence-electron chi connectivity index (χ4n) is 4.32. The number of nitrogens with one attached hydrogen (secondary N) is 1. The fourth-order valence-corrected chi connectivity index (χ4v) is 4.32. The van der Waals surface area contributed by atoms with Crippen molar-refractivity contribution in [3.05, 3.63) is 83.7 Å². The molecule has 0 aliphatic carbocycles. The molecule has 8 nitrogen and oxygen atoms in total. The lowest BCUT2D eigenvalue weighted by atomic mass is 9.99. The van der Waals surface area contributed by atoms with Crippen LogP contribution in [-0.2, 0) is 11.3 Å². The third kappa shape index (κ3) is 7.10. The van der Waals surface area contributed by atoms with E-state index in [-0.39, 0.29) is 11.9 Å². The van der Waals surface area contributed by atoms with Gasteiger partial charge < -0.3 is 19.7 Å². The standard InChI is InChI=1S/C30H32N4O4/c1-30(2,3)38-29(36)33-25-7-5-15-34(19-25)28(35)24-12-13-27(37-20-22-6-4-14-32-18-22)26(16-24)23-10-8-21(17-31)9-11-23/h4,6,8-14,16,18,25H,5,7,15,19-20H2,1-3H3,(H,33,36)/t25-/m0/s1. The molecule has 38 heavy (non-hydrogen) atoms. The van der Waals surface area contributed by atoms with Gasteiger partial charge in [-0.15, -0.1) is 0 Å². The minimum Gasteiger partial charge on any atom is -0.488 e. The average Bonchev–Trinajstić information content (AvgIpc) is 2.91. The summed E-state index contributed by atoms with van der Waals surface area (Å²) in [5.41, 5.74) is 3.01. The SMILES string of the molecule is CC(C)(C)OC(=O)N[C@H]1CCCN(C(=O)c2ccc(OCc3cccnc3)c(-c3ccc(C#N)cc3)c2)C1. The predicted molar refractivity (Wildman–Crippen MR) is 143 cm³/mol. The molecule has 2 amide bonds. The van der Waals surface area contributed by atoms with E-state index in [0.29, 0.717) is 36.6 Å². The van der Waals surface area contributed by atoms with Crippen LogP contribution in [0.15, 0.2) is 67.0 Å². The lowest BCUT2D eigenvalue weighted by Gasteiger charge is -2.33. The van der Waals surface area contributed by atoms with Gasteiger partial charge >= 0.3 is 6.09 Å². The zero-order valence-corrected chi connectivity index (χ0v) is 21.9. The van der Waals surface area contributed by atoms with Crippen molar-refractivity contribution in [2.45, 2.75) is 51.9 Å². The Bertz CT molecular complexity index is 1310. The largest absolute Gasteiger partial charge is 0.488 e. The molecule has 0 radical (unpaired) electrons. The Morgan fingerprint density at radius 2 is 1.95 bits per heavy atom. The van der Waals surface area contributed by atoms with Crippen LogP contribution in [0.2, 0.25) is 0 Å². The van der Waals surface area contributed by atoms with Gasteiger partial charge in [-0.25, -0.2) is 4.79 Å². The molecule has 0 saturated carbocycles. The number of carbonyl (C=O) groups is 2. The Morgan fingerprint density at radius 1 is 1.16 bits per heavy atom. The van der Waals surface area contributed by atoms with Crippen molar-refractivity contribution < 1.29 is 19.1 Å². The van der Waals surface area contributed by atoms with Gasteiger partial charge in [0, 0.05) is 48.2 Å². The molecular formula is C30H32N4O4. The third-order valence-corrected chi connectivity index (χ3v) is 6.10. The lowest BCUT2D eigenvalue weighted by molar-refractivity contribution is 0.0452. The highest BCUT2D eigenvalue weighted by Gasteiger charge is 2.27. The first-order chi connectivity index (χ1) is 18.2. The summed E-state index contributed by atoms with van der Waals surface area (Å²) in [5, 5.41) is 12.1. The second kappa shape index (κ2) is 11.8. The molecule has 0 bridgehead atoms. The van der Waals surface area contributed by atoms with E-state index in [1.807, 2.05) is 51.1 Å².